The second kappa shape index (κ2) is 4.49. The Bertz CT molecular complexity index is 499. The zero-order chi connectivity index (χ0) is 12.5. The van der Waals surface area contributed by atoms with Gasteiger partial charge in [-0.3, -0.25) is 0 Å². The van der Waals surface area contributed by atoms with Gasteiger partial charge in [0.1, 0.15) is 5.01 Å². The molecule has 0 aliphatic carbocycles. The van der Waals surface area contributed by atoms with Gasteiger partial charge in [-0.2, -0.15) is 13.2 Å². The molecule has 0 saturated heterocycles. The molecule has 1 aromatic carbocycles. The molecule has 0 atom stereocenters. The summed E-state index contributed by atoms with van der Waals surface area (Å²) in [5, 5.41) is 0.760. The number of aryl methyl sites for hydroxylation is 1. The fraction of sp³-hybridized carbons (Fsp3) is 0.250. The Labute approximate surface area is 101 Å². The molecule has 0 N–H and O–H groups in total. The summed E-state index contributed by atoms with van der Waals surface area (Å²) in [5.41, 5.74) is 0.0937. The molecule has 1 aromatic heterocycles. The molecule has 0 saturated carbocycles. The fourth-order valence-electron chi connectivity index (χ4n) is 1.41. The van der Waals surface area contributed by atoms with Crippen molar-refractivity contribution in [2.24, 2.45) is 0 Å². The predicted molar refractivity (Wildman–Crippen MR) is 61.9 cm³/mol. The maximum Gasteiger partial charge on any atom is 0.416 e. The number of hydrogen-bond donors (Lipinski definition) is 0. The molecule has 1 heterocycles. The van der Waals surface area contributed by atoms with Crippen LogP contribution in [-0.2, 0) is 12.6 Å². The second-order valence-corrected chi connectivity index (χ2v) is 4.68. The summed E-state index contributed by atoms with van der Waals surface area (Å²) in [6, 6.07) is 5.09. The number of halogens is 3. The van der Waals surface area contributed by atoms with Crippen molar-refractivity contribution < 1.29 is 13.2 Å². The summed E-state index contributed by atoms with van der Waals surface area (Å²) in [4.78, 5) is 5.31. The minimum absolute atomic E-state index is 0.631. The number of rotatable bonds is 2. The summed E-state index contributed by atoms with van der Waals surface area (Å²) < 4.78 is 37.1. The van der Waals surface area contributed by atoms with E-state index in [4.69, 9.17) is 0 Å². The van der Waals surface area contributed by atoms with Gasteiger partial charge in [-0.15, -0.1) is 11.3 Å². The Kier molecular flexibility index (Phi) is 3.19. The molecule has 2 rings (SSSR count). The molecule has 2 aromatic rings. The van der Waals surface area contributed by atoms with Crippen LogP contribution in [0.25, 0.3) is 10.6 Å². The fourth-order valence-corrected chi connectivity index (χ4v) is 2.26. The van der Waals surface area contributed by atoms with Crippen molar-refractivity contribution >= 4 is 11.3 Å². The quantitative estimate of drug-likeness (QED) is 0.777. The molecule has 0 radical (unpaired) electrons. The van der Waals surface area contributed by atoms with Crippen molar-refractivity contribution in [3.63, 3.8) is 0 Å². The van der Waals surface area contributed by atoms with Crippen molar-refractivity contribution in [1.29, 1.82) is 0 Å². The van der Waals surface area contributed by atoms with E-state index in [9.17, 15) is 13.2 Å². The highest BCUT2D eigenvalue weighted by Gasteiger charge is 2.30. The lowest BCUT2D eigenvalue weighted by molar-refractivity contribution is -0.137. The van der Waals surface area contributed by atoms with Gasteiger partial charge >= 0.3 is 6.18 Å². The first-order valence-corrected chi connectivity index (χ1v) is 5.94. The molecular weight excluding hydrogens is 247 g/mol. The number of hydrogen-bond acceptors (Lipinski definition) is 2. The van der Waals surface area contributed by atoms with E-state index in [-0.39, 0.29) is 0 Å². The topological polar surface area (TPSA) is 12.9 Å². The Hall–Kier alpha value is -1.36. The number of aromatic nitrogens is 1. The Morgan fingerprint density at radius 3 is 2.29 bits per heavy atom. The zero-order valence-electron chi connectivity index (χ0n) is 9.08. The summed E-state index contributed by atoms with van der Waals surface area (Å²) in [5.74, 6) is 0. The van der Waals surface area contributed by atoms with Crippen LogP contribution in [0.3, 0.4) is 0 Å². The molecule has 5 heteroatoms. The molecule has 0 unspecified atom stereocenters. The van der Waals surface area contributed by atoms with E-state index in [1.165, 1.54) is 23.5 Å². The molecular formula is C12H10F3NS. The smallest absolute Gasteiger partial charge is 0.244 e. The van der Waals surface area contributed by atoms with Crippen LogP contribution in [0, 0.1) is 0 Å². The van der Waals surface area contributed by atoms with Gasteiger partial charge < -0.3 is 0 Å². The Balaban J connectivity index is 2.29. The highest BCUT2D eigenvalue weighted by molar-refractivity contribution is 7.15. The highest BCUT2D eigenvalue weighted by Crippen LogP contribution is 2.32. The van der Waals surface area contributed by atoms with Crippen molar-refractivity contribution in [1.82, 2.24) is 4.98 Å². The van der Waals surface area contributed by atoms with Gasteiger partial charge in [0.2, 0.25) is 0 Å². The van der Waals surface area contributed by atoms with Gasteiger partial charge in [0.25, 0.3) is 0 Å². The predicted octanol–water partition coefficient (Wildman–Crippen LogP) is 4.39. The average molecular weight is 257 g/mol. The van der Waals surface area contributed by atoms with Crippen molar-refractivity contribution in [3.8, 4) is 10.6 Å². The van der Waals surface area contributed by atoms with E-state index in [2.05, 4.69) is 4.98 Å². The Morgan fingerprint density at radius 2 is 1.82 bits per heavy atom. The van der Waals surface area contributed by atoms with E-state index in [1.807, 2.05) is 6.92 Å². The number of thiazole rings is 1. The monoisotopic (exact) mass is 257 g/mol. The molecule has 0 spiro atoms. The largest absolute Gasteiger partial charge is 0.416 e. The van der Waals surface area contributed by atoms with Crippen LogP contribution in [0.5, 0.6) is 0 Å². The third-order valence-electron chi connectivity index (χ3n) is 2.36. The third kappa shape index (κ3) is 2.66. The van der Waals surface area contributed by atoms with Crippen molar-refractivity contribution in [2.75, 3.05) is 0 Å². The second-order valence-electron chi connectivity index (χ2n) is 3.56. The van der Waals surface area contributed by atoms with Gasteiger partial charge in [-0.25, -0.2) is 4.98 Å². The molecule has 0 aliphatic rings. The molecule has 0 fully saturated rings. The van der Waals surface area contributed by atoms with E-state index in [0.717, 1.165) is 34.0 Å². The van der Waals surface area contributed by atoms with E-state index >= 15 is 0 Å². The maximum absolute atomic E-state index is 12.4. The van der Waals surface area contributed by atoms with Crippen LogP contribution in [0.1, 0.15) is 17.4 Å². The summed E-state index contributed by atoms with van der Waals surface area (Å²) in [6.45, 7) is 2.02. The van der Waals surface area contributed by atoms with Gasteiger partial charge in [0.15, 0.2) is 0 Å². The van der Waals surface area contributed by atoms with Crippen LogP contribution >= 0.6 is 11.3 Å². The lowest BCUT2D eigenvalue weighted by Gasteiger charge is -2.06. The van der Waals surface area contributed by atoms with Crippen molar-refractivity contribution in [3.05, 3.63) is 40.9 Å². The lowest BCUT2D eigenvalue weighted by atomic mass is 10.1. The van der Waals surface area contributed by atoms with Gasteiger partial charge in [0, 0.05) is 16.6 Å². The zero-order valence-corrected chi connectivity index (χ0v) is 9.90. The number of nitrogens with zero attached hydrogens (tertiary/aromatic N) is 1. The first-order valence-electron chi connectivity index (χ1n) is 5.13. The molecule has 0 aliphatic heterocycles. The maximum atomic E-state index is 12.4. The first kappa shape index (κ1) is 12.1. The van der Waals surface area contributed by atoms with Crippen LogP contribution in [0.2, 0.25) is 0 Å². The minimum Gasteiger partial charge on any atom is -0.244 e. The van der Waals surface area contributed by atoms with E-state index in [1.54, 1.807) is 6.20 Å². The molecule has 0 amide bonds. The van der Waals surface area contributed by atoms with Crippen LogP contribution in [-0.4, -0.2) is 4.98 Å². The highest BCUT2D eigenvalue weighted by atomic mass is 32.1. The van der Waals surface area contributed by atoms with Gasteiger partial charge in [-0.1, -0.05) is 19.1 Å². The minimum atomic E-state index is -4.28. The normalized spacial score (nSPS) is 11.8. The van der Waals surface area contributed by atoms with E-state index < -0.39 is 11.7 Å². The lowest BCUT2D eigenvalue weighted by Crippen LogP contribution is -2.03. The first-order chi connectivity index (χ1) is 8.00. The molecule has 90 valence electrons. The number of alkyl halides is 3. The number of benzene rings is 1. The van der Waals surface area contributed by atoms with Gasteiger partial charge in [0.05, 0.1) is 5.56 Å². The van der Waals surface area contributed by atoms with Crippen molar-refractivity contribution in [2.45, 2.75) is 19.5 Å². The summed E-state index contributed by atoms with van der Waals surface area (Å²) >= 11 is 1.51. The van der Waals surface area contributed by atoms with Crippen LogP contribution in [0.15, 0.2) is 30.5 Å². The third-order valence-corrected chi connectivity index (χ3v) is 3.55. The Morgan fingerprint density at radius 1 is 1.18 bits per heavy atom. The van der Waals surface area contributed by atoms with Crippen LogP contribution in [0.4, 0.5) is 13.2 Å². The SMILES string of the molecule is CCc1cnc(-c2ccc(C(F)(F)F)cc2)s1. The average Bonchev–Trinajstić information content (AvgIpc) is 2.76. The standard InChI is InChI=1S/C12H10F3NS/c1-2-10-7-16-11(17-10)8-3-5-9(6-4-8)12(13,14)15/h3-7H,2H2,1H3. The van der Waals surface area contributed by atoms with E-state index in [0.29, 0.717) is 0 Å². The summed E-state index contributed by atoms with van der Waals surface area (Å²) in [6.07, 6.45) is -1.63. The summed E-state index contributed by atoms with van der Waals surface area (Å²) in [7, 11) is 0. The molecule has 1 nitrogen and oxygen atoms in total. The van der Waals surface area contributed by atoms with Gasteiger partial charge in [-0.05, 0) is 18.6 Å². The molecule has 0 bridgehead atoms. The molecule has 17 heavy (non-hydrogen) atoms. The van der Waals surface area contributed by atoms with Crippen LogP contribution < -0.4 is 0 Å².